The molecule has 0 saturated carbocycles. The summed E-state index contributed by atoms with van der Waals surface area (Å²) in [4.78, 5) is 15.0. The van der Waals surface area contributed by atoms with Crippen molar-refractivity contribution in [2.45, 2.75) is 33.2 Å². The smallest absolute Gasteiger partial charge is 0.356 e. The van der Waals surface area contributed by atoms with E-state index in [0.29, 0.717) is 12.4 Å². The number of hydrogen-bond acceptors (Lipinski definition) is 3. The molecule has 5 nitrogen and oxygen atoms in total. The highest BCUT2D eigenvalue weighted by molar-refractivity contribution is 5.91. The third-order valence-electron chi connectivity index (χ3n) is 2.20. The quantitative estimate of drug-likeness (QED) is 0.704. The van der Waals surface area contributed by atoms with E-state index in [0.717, 1.165) is 19.4 Å². The van der Waals surface area contributed by atoms with Crippen molar-refractivity contribution in [2.75, 3.05) is 11.9 Å². The van der Waals surface area contributed by atoms with E-state index in [2.05, 4.69) is 17.2 Å². The minimum Gasteiger partial charge on any atom is -0.476 e. The van der Waals surface area contributed by atoms with Crippen LogP contribution in [0.2, 0.25) is 0 Å². The van der Waals surface area contributed by atoms with E-state index in [-0.39, 0.29) is 5.69 Å². The van der Waals surface area contributed by atoms with Gasteiger partial charge in [0.25, 0.3) is 0 Å². The van der Waals surface area contributed by atoms with Gasteiger partial charge < -0.3 is 15.0 Å². The SMILES string of the molecule is CCCCNc1ncn(CC)c1C(=O)O. The number of hydrogen-bond donors (Lipinski definition) is 2. The number of nitrogens with one attached hydrogen (secondary N) is 1. The lowest BCUT2D eigenvalue weighted by Crippen LogP contribution is -2.11. The van der Waals surface area contributed by atoms with E-state index < -0.39 is 5.97 Å². The molecular formula is C10H17N3O2. The molecule has 0 atom stereocenters. The number of imidazole rings is 1. The van der Waals surface area contributed by atoms with Gasteiger partial charge in [-0.2, -0.15) is 0 Å². The van der Waals surface area contributed by atoms with Crippen molar-refractivity contribution >= 4 is 11.8 Å². The zero-order valence-electron chi connectivity index (χ0n) is 9.16. The molecule has 0 radical (unpaired) electrons. The summed E-state index contributed by atoms with van der Waals surface area (Å²) >= 11 is 0. The second-order valence-corrected chi connectivity index (χ2v) is 3.31. The number of carboxylic acid groups (broad SMARTS) is 1. The van der Waals surface area contributed by atoms with E-state index in [1.165, 1.54) is 0 Å². The number of carbonyl (C=O) groups is 1. The van der Waals surface area contributed by atoms with Gasteiger partial charge in [-0.15, -0.1) is 0 Å². The number of aromatic nitrogens is 2. The molecule has 0 aromatic carbocycles. The first-order chi connectivity index (χ1) is 7.20. The van der Waals surface area contributed by atoms with Gasteiger partial charge in [-0.25, -0.2) is 9.78 Å². The van der Waals surface area contributed by atoms with Crippen LogP contribution < -0.4 is 5.32 Å². The first-order valence-electron chi connectivity index (χ1n) is 5.23. The van der Waals surface area contributed by atoms with Gasteiger partial charge >= 0.3 is 5.97 Å². The molecule has 84 valence electrons. The lowest BCUT2D eigenvalue weighted by molar-refractivity contribution is 0.0686. The van der Waals surface area contributed by atoms with Crippen LogP contribution >= 0.6 is 0 Å². The van der Waals surface area contributed by atoms with Crippen molar-refractivity contribution in [2.24, 2.45) is 0 Å². The maximum absolute atomic E-state index is 11.0. The molecule has 1 aromatic heterocycles. The highest BCUT2D eigenvalue weighted by Gasteiger charge is 2.16. The van der Waals surface area contributed by atoms with Crippen molar-refractivity contribution in [3.05, 3.63) is 12.0 Å². The Kier molecular flexibility index (Phi) is 4.15. The van der Waals surface area contributed by atoms with Crippen LogP contribution in [0.5, 0.6) is 0 Å². The minimum absolute atomic E-state index is 0.244. The van der Waals surface area contributed by atoms with Gasteiger partial charge in [0.15, 0.2) is 11.5 Å². The van der Waals surface area contributed by atoms with Gasteiger partial charge in [-0.05, 0) is 13.3 Å². The Bertz CT molecular complexity index is 333. The maximum atomic E-state index is 11.0. The Morgan fingerprint density at radius 3 is 2.87 bits per heavy atom. The fourth-order valence-corrected chi connectivity index (χ4v) is 1.36. The standard InChI is InChI=1S/C10H17N3O2/c1-3-5-6-11-9-8(10(14)15)13(4-2)7-12-9/h7,11H,3-6H2,1-2H3,(H,14,15). The largest absolute Gasteiger partial charge is 0.476 e. The lowest BCUT2D eigenvalue weighted by Gasteiger charge is -2.05. The summed E-state index contributed by atoms with van der Waals surface area (Å²) in [6.07, 6.45) is 3.64. The molecule has 0 amide bonds. The van der Waals surface area contributed by atoms with E-state index in [4.69, 9.17) is 5.11 Å². The topological polar surface area (TPSA) is 67.2 Å². The summed E-state index contributed by atoms with van der Waals surface area (Å²) < 4.78 is 1.62. The average Bonchev–Trinajstić information content (AvgIpc) is 2.61. The monoisotopic (exact) mass is 211 g/mol. The van der Waals surface area contributed by atoms with Crippen molar-refractivity contribution in [1.29, 1.82) is 0 Å². The molecule has 0 unspecified atom stereocenters. The molecule has 0 bridgehead atoms. The summed E-state index contributed by atoms with van der Waals surface area (Å²) in [6.45, 7) is 5.36. The molecule has 0 aliphatic carbocycles. The zero-order chi connectivity index (χ0) is 11.3. The molecular weight excluding hydrogens is 194 g/mol. The summed E-state index contributed by atoms with van der Waals surface area (Å²) in [5.74, 6) is -0.467. The van der Waals surface area contributed by atoms with Crippen molar-refractivity contribution in [1.82, 2.24) is 9.55 Å². The number of carboxylic acids is 1. The van der Waals surface area contributed by atoms with E-state index >= 15 is 0 Å². The number of aromatic carboxylic acids is 1. The number of aryl methyl sites for hydroxylation is 1. The van der Waals surface area contributed by atoms with Gasteiger partial charge in [-0.1, -0.05) is 13.3 Å². The molecule has 0 aliphatic rings. The molecule has 1 rings (SSSR count). The minimum atomic E-state index is -0.937. The predicted molar refractivity (Wildman–Crippen MR) is 58.3 cm³/mol. The molecule has 5 heteroatoms. The highest BCUT2D eigenvalue weighted by Crippen LogP contribution is 2.13. The van der Waals surface area contributed by atoms with Crippen LogP contribution in [-0.2, 0) is 6.54 Å². The maximum Gasteiger partial charge on any atom is 0.356 e. The molecule has 2 N–H and O–H groups in total. The van der Waals surface area contributed by atoms with E-state index in [1.807, 2.05) is 6.92 Å². The van der Waals surface area contributed by atoms with Gasteiger partial charge in [0.1, 0.15) is 0 Å². The van der Waals surface area contributed by atoms with Crippen molar-refractivity contribution in [3.8, 4) is 0 Å². The Morgan fingerprint density at radius 1 is 1.60 bits per heavy atom. The molecule has 15 heavy (non-hydrogen) atoms. The van der Waals surface area contributed by atoms with Crippen LogP contribution in [0.25, 0.3) is 0 Å². The number of unbranched alkanes of at least 4 members (excludes halogenated alkanes) is 1. The van der Waals surface area contributed by atoms with Crippen LogP contribution in [-0.4, -0.2) is 27.2 Å². The van der Waals surface area contributed by atoms with E-state index in [1.54, 1.807) is 10.9 Å². The van der Waals surface area contributed by atoms with Crippen LogP contribution in [0.15, 0.2) is 6.33 Å². The Hall–Kier alpha value is -1.52. The third kappa shape index (κ3) is 2.71. The molecule has 0 saturated heterocycles. The van der Waals surface area contributed by atoms with Gasteiger partial charge in [0.2, 0.25) is 0 Å². The second-order valence-electron chi connectivity index (χ2n) is 3.31. The summed E-state index contributed by atoms with van der Waals surface area (Å²) in [7, 11) is 0. The van der Waals surface area contributed by atoms with Gasteiger partial charge in [0, 0.05) is 13.1 Å². The average molecular weight is 211 g/mol. The van der Waals surface area contributed by atoms with E-state index in [9.17, 15) is 4.79 Å². The zero-order valence-corrected chi connectivity index (χ0v) is 9.16. The number of rotatable bonds is 6. The number of nitrogens with zero attached hydrogens (tertiary/aromatic N) is 2. The van der Waals surface area contributed by atoms with Gasteiger partial charge in [-0.3, -0.25) is 0 Å². The third-order valence-corrected chi connectivity index (χ3v) is 2.20. The Balaban J connectivity index is 2.78. The molecule has 1 heterocycles. The summed E-state index contributed by atoms with van der Waals surface area (Å²) in [6, 6.07) is 0. The molecule has 0 fully saturated rings. The summed E-state index contributed by atoms with van der Waals surface area (Å²) in [5, 5.41) is 12.1. The highest BCUT2D eigenvalue weighted by atomic mass is 16.4. The predicted octanol–water partition coefficient (Wildman–Crippen LogP) is 1.81. The fraction of sp³-hybridized carbons (Fsp3) is 0.600. The molecule has 0 spiro atoms. The first kappa shape index (κ1) is 11.6. The number of anilines is 1. The lowest BCUT2D eigenvalue weighted by atomic mass is 10.3. The Morgan fingerprint density at radius 2 is 2.33 bits per heavy atom. The van der Waals surface area contributed by atoms with Crippen LogP contribution in [0.4, 0.5) is 5.82 Å². The Labute approximate surface area is 89.1 Å². The van der Waals surface area contributed by atoms with Crippen molar-refractivity contribution < 1.29 is 9.90 Å². The first-order valence-corrected chi connectivity index (χ1v) is 5.23. The van der Waals surface area contributed by atoms with Crippen LogP contribution in [0.1, 0.15) is 37.2 Å². The molecule has 0 aliphatic heterocycles. The molecule has 1 aromatic rings. The summed E-state index contributed by atoms with van der Waals surface area (Å²) in [5.41, 5.74) is 0.244. The van der Waals surface area contributed by atoms with Crippen LogP contribution in [0, 0.1) is 0 Å². The van der Waals surface area contributed by atoms with Crippen molar-refractivity contribution in [3.63, 3.8) is 0 Å². The van der Waals surface area contributed by atoms with Gasteiger partial charge in [0.05, 0.1) is 6.33 Å². The van der Waals surface area contributed by atoms with Crippen LogP contribution in [0.3, 0.4) is 0 Å². The fourth-order valence-electron chi connectivity index (χ4n) is 1.36. The second kappa shape index (κ2) is 5.38. The normalized spacial score (nSPS) is 10.3.